The maximum absolute atomic E-state index is 13.1. The van der Waals surface area contributed by atoms with Crippen molar-refractivity contribution in [1.82, 2.24) is 9.78 Å². The first kappa shape index (κ1) is 15.7. The highest BCUT2D eigenvalue weighted by molar-refractivity contribution is 5.90. The quantitative estimate of drug-likeness (QED) is 0.918. The van der Waals surface area contributed by atoms with Crippen molar-refractivity contribution in [2.75, 3.05) is 5.32 Å². The first-order valence-corrected chi connectivity index (χ1v) is 8.24. The minimum Gasteiger partial charge on any atom is -0.311 e. The number of rotatable bonds is 4. The van der Waals surface area contributed by atoms with E-state index < -0.39 is 0 Å². The summed E-state index contributed by atoms with van der Waals surface area (Å²) in [5, 5.41) is 7.35. The van der Waals surface area contributed by atoms with Crippen LogP contribution in [0.2, 0.25) is 0 Å². The number of nitrogens with one attached hydrogen (secondary N) is 1. The summed E-state index contributed by atoms with van der Waals surface area (Å²) in [6, 6.07) is 7.92. The van der Waals surface area contributed by atoms with Gasteiger partial charge in [-0.25, -0.2) is 9.07 Å². The fourth-order valence-electron chi connectivity index (χ4n) is 3.21. The van der Waals surface area contributed by atoms with Crippen molar-refractivity contribution in [3.05, 3.63) is 41.8 Å². The molecule has 1 fully saturated rings. The van der Waals surface area contributed by atoms with Crippen LogP contribution in [-0.2, 0) is 4.79 Å². The molecule has 1 amide bonds. The monoisotopic (exact) mass is 315 g/mol. The minimum atomic E-state index is -0.291. The van der Waals surface area contributed by atoms with Crippen molar-refractivity contribution in [2.45, 2.75) is 45.4 Å². The van der Waals surface area contributed by atoms with Crippen LogP contribution in [0.5, 0.6) is 0 Å². The Morgan fingerprint density at radius 2 is 1.96 bits per heavy atom. The van der Waals surface area contributed by atoms with E-state index in [2.05, 4.69) is 10.4 Å². The van der Waals surface area contributed by atoms with Gasteiger partial charge in [0.1, 0.15) is 11.6 Å². The summed E-state index contributed by atoms with van der Waals surface area (Å²) >= 11 is 0. The molecule has 3 rings (SSSR count). The van der Waals surface area contributed by atoms with Crippen molar-refractivity contribution in [3.63, 3.8) is 0 Å². The van der Waals surface area contributed by atoms with Gasteiger partial charge in [0, 0.05) is 12.5 Å². The summed E-state index contributed by atoms with van der Waals surface area (Å²) in [5.41, 5.74) is 1.54. The largest absolute Gasteiger partial charge is 0.311 e. The molecule has 0 bridgehead atoms. The van der Waals surface area contributed by atoms with Crippen LogP contribution in [0, 0.1) is 18.7 Å². The van der Waals surface area contributed by atoms with Crippen molar-refractivity contribution in [2.24, 2.45) is 5.92 Å². The van der Waals surface area contributed by atoms with Crippen LogP contribution < -0.4 is 5.32 Å². The standard InChI is InChI=1S/C18H22FN3O/c1-13-11-17(20-18(23)12-14-5-3-2-4-6-14)22(21-13)16-9-7-15(19)8-10-16/h7-11,14H,2-6,12H2,1H3,(H,20,23). The lowest BCUT2D eigenvalue weighted by Gasteiger charge is -2.20. The van der Waals surface area contributed by atoms with Gasteiger partial charge in [0.15, 0.2) is 0 Å². The molecular formula is C18H22FN3O. The maximum Gasteiger partial charge on any atom is 0.225 e. The molecule has 0 unspecified atom stereocenters. The summed E-state index contributed by atoms with van der Waals surface area (Å²) in [6.07, 6.45) is 6.59. The SMILES string of the molecule is Cc1cc(NC(=O)CC2CCCCC2)n(-c2ccc(F)cc2)n1. The molecule has 5 heteroatoms. The third kappa shape index (κ3) is 3.97. The zero-order valence-electron chi connectivity index (χ0n) is 13.4. The molecule has 1 aliphatic carbocycles. The Morgan fingerprint density at radius 1 is 1.26 bits per heavy atom. The van der Waals surface area contributed by atoms with E-state index in [1.807, 2.05) is 13.0 Å². The molecule has 0 radical (unpaired) electrons. The van der Waals surface area contributed by atoms with Crippen molar-refractivity contribution in [3.8, 4) is 5.69 Å². The molecular weight excluding hydrogens is 293 g/mol. The Balaban J connectivity index is 1.72. The van der Waals surface area contributed by atoms with Gasteiger partial charge < -0.3 is 5.32 Å². The lowest BCUT2D eigenvalue weighted by atomic mass is 9.87. The molecule has 23 heavy (non-hydrogen) atoms. The molecule has 1 heterocycles. The smallest absolute Gasteiger partial charge is 0.225 e. The highest BCUT2D eigenvalue weighted by atomic mass is 19.1. The molecule has 1 aromatic carbocycles. The fourth-order valence-corrected chi connectivity index (χ4v) is 3.21. The Bertz CT molecular complexity index is 672. The van der Waals surface area contributed by atoms with Gasteiger partial charge in [0.05, 0.1) is 11.4 Å². The van der Waals surface area contributed by atoms with Gasteiger partial charge in [-0.3, -0.25) is 4.79 Å². The molecule has 1 saturated carbocycles. The topological polar surface area (TPSA) is 46.9 Å². The number of carbonyl (C=O) groups is 1. The number of hydrogen-bond acceptors (Lipinski definition) is 2. The van der Waals surface area contributed by atoms with Gasteiger partial charge in [0.2, 0.25) is 5.91 Å². The van der Waals surface area contributed by atoms with Gasteiger partial charge in [0.25, 0.3) is 0 Å². The fraction of sp³-hybridized carbons (Fsp3) is 0.444. The Morgan fingerprint density at radius 3 is 2.65 bits per heavy atom. The van der Waals surface area contributed by atoms with Crippen LogP contribution in [0.15, 0.2) is 30.3 Å². The van der Waals surface area contributed by atoms with Crippen molar-refractivity contribution in [1.29, 1.82) is 0 Å². The van der Waals surface area contributed by atoms with Crippen molar-refractivity contribution < 1.29 is 9.18 Å². The lowest BCUT2D eigenvalue weighted by molar-refractivity contribution is -0.117. The van der Waals surface area contributed by atoms with Crippen LogP contribution >= 0.6 is 0 Å². The van der Waals surface area contributed by atoms with Gasteiger partial charge in [-0.1, -0.05) is 19.3 Å². The summed E-state index contributed by atoms with van der Waals surface area (Å²) < 4.78 is 14.7. The Kier molecular flexibility index (Phi) is 4.74. The lowest BCUT2D eigenvalue weighted by Crippen LogP contribution is -2.19. The second-order valence-corrected chi connectivity index (χ2v) is 6.32. The van der Waals surface area contributed by atoms with Crippen molar-refractivity contribution >= 4 is 11.7 Å². The minimum absolute atomic E-state index is 0.0279. The maximum atomic E-state index is 13.1. The predicted molar refractivity (Wildman–Crippen MR) is 88.1 cm³/mol. The highest BCUT2D eigenvalue weighted by Crippen LogP contribution is 2.27. The number of anilines is 1. The van der Waals surface area contributed by atoms with Crippen LogP contribution in [0.25, 0.3) is 5.69 Å². The molecule has 4 nitrogen and oxygen atoms in total. The third-order valence-electron chi connectivity index (χ3n) is 4.37. The molecule has 1 N–H and O–H groups in total. The van der Waals surface area contributed by atoms with Crippen LogP contribution in [0.4, 0.5) is 10.2 Å². The number of aromatic nitrogens is 2. The molecule has 1 aliphatic rings. The van der Waals surface area contributed by atoms with E-state index in [0.717, 1.165) is 24.2 Å². The van der Waals surface area contributed by atoms with E-state index in [4.69, 9.17) is 0 Å². The van der Waals surface area contributed by atoms with E-state index >= 15 is 0 Å². The van der Waals surface area contributed by atoms with E-state index in [0.29, 0.717) is 18.2 Å². The first-order chi connectivity index (χ1) is 11.1. The molecule has 0 spiro atoms. The number of amides is 1. The zero-order valence-corrected chi connectivity index (χ0v) is 13.4. The van der Waals surface area contributed by atoms with Gasteiger partial charge in [-0.2, -0.15) is 5.10 Å². The summed E-state index contributed by atoms with van der Waals surface area (Å²) in [4.78, 5) is 12.3. The molecule has 0 saturated heterocycles. The molecule has 2 aromatic rings. The van der Waals surface area contributed by atoms with E-state index in [-0.39, 0.29) is 11.7 Å². The Hall–Kier alpha value is -2.17. The number of nitrogens with zero attached hydrogens (tertiary/aromatic N) is 2. The Labute approximate surface area is 135 Å². The second kappa shape index (κ2) is 6.94. The zero-order chi connectivity index (χ0) is 16.2. The van der Waals surface area contributed by atoms with Gasteiger partial charge in [-0.05, 0) is 49.9 Å². The van der Waals surface area contributed by atoms with Crippen LogP contribution in [-0.4, -0.2) is 15.7 Å². The number of carbonyl (C=O) groups excluding carboxylic acids is 1. The number of aryl methyl sites for hydroxylation is 1. The van der Waals surface area contributed by atoms with E-state index in [1.165, 1.54) is 31.4 Å². The highest BCUT2D eigenvalue weighted by Gasteiger charge is 2.18. The molecule has 122 valence electrons. The molecule has 0 aliphatic heterocycles. The summed E-state index contributed by atoms with van der Waals surface area (Å²) in [5.74, 6) is 0.864. The van der Waals surface area contributed by atoms with Crippen LogP contribution in [0.3, 0.4) is 0 Å². The van der Waals surface area contributed by atoms with Crippen LogP contribution in [0.1, 0.15) is 44.2 Å². The summed E-state index contributed by atoms with van der Waals surface area (Å²) in [7, 11) is 0. The summed E-state index contributed by atoms with van der Waals surface area (Å²) in [6.45, 7) is 1.87. The number of halogens is 1. The number of hydrogen-bond donors (Lipinski definition) is 1. The van der Waals surface area contributed by atoms with Gasteiger partial charge >= 0.3 is 0 Å². The average molecular weight is 315 g/mol. The number of benzene rings is 1. The average Bonchev–Trinajstić information content (AvgIpc) is 2.89. The van der Waals surface area contributed by atoms with E-state index in [9.17, 15) is 9.18 Å². The van der Waals surface area contributed by atoms with E-state index in [1.54, 1.807) is 16.8 Å². The first-order valence-electron chi connectivity index (χ1n) is 8.24. The van der Waals surface area contributed by atoms with Gasteiger partial charge in [-0.15, -0.1) is 0 Å². The normalized spacial score (nSPS) is 15.6. The molecule has 0 atom stereocenters. The third-order valence-corrected chi connectivity index (χ3v) is 4.37. The predicted octanol–water partition coefficient (Wildman–Crippen LogP) is 4.23. The second-order valence-electron chi connectivity index (χ2n) is 6.32. The molecule has 1 aromatic heterocycles.